The first-order chi connectivity index (χ1) is 9.49. The number of benzene rings is 1. The first kappa shape index (κ1) is 17.3. The number of hydrogen-bond acceptors (Lipinski definition) is 4. The van der Waals surface area contributed by atoms with E-state index in [1.807, 2.05) is 12.1 Å². The van der Waals surface area contributed by atoms with Gasteiger partial charge in [0.2, 0.25) is 0 Å². The molecule has 0 bridgehead atoms. The molecule has 0 aliphatic carbocycles. The van der Waals surface area contributed by atoms with E-state index >= 15 is 0 Å². The lowest BCUT2D eigenvalue weighted by molar-refractivity contribution is -0.00813. The number of rotatable bonds is 9. The number of aliphatic hydroxyl groups excluding tert-OH is 2. The normalized spacial score (nSPS) is 14.5. The number of ether oxygens (including phenoxy) is 1. The molecular weight excluding hydrogens is 292 g/mol. The van der Waals surface area contributed by atoms with Crippen LogP contribution in [0.2, 0.25) is 5.02 Å². The van der Waals surface area contributed by atoms with Crippen LogP contribution in [0.5, 0.6) is 0 Å². The van der Waals surface area contributed by atoms with Gasteiger partial charge in [0, 0.05) is 18.1 Å². The van der Waals surface area contributed by atoms with Gasteiger partial charge < -0.3 is 20.3 Å². The monoisotopic (exact) mass is 309 g/mol. The molecule has 3 N–H and O–H groups in total. The molecule has 1 aromatic rings. The van der Waals surface area contributed by atoms with Crippen LogP contribution < -0.4 is 5.32 Å². The average Bonchev–Trinajstić information content (AvgIpc) is 2.40. The Hall–Kier alpha value is -0.790. The topological polar surface area (TPSA) is 61.7 Å². The molecule has 1 rings (SSSR count). The minimum absolute atomic E-state index is 0.0698. The van der Waals surface area contributed by atoms with Gasteiger partial charge in [0.25, 0.3) is 6.43 Å². The molecule has 0 aliphatic heterocycles. The molecule has 0 aromatic heterocycles. The maximum Gasteiger partial charge on any atom is 0.265 e. The standard InChI is InChI=1S/C13H18ClF2NO3/c14-10-3-1-9(2-4-10)7-20-8-11(18)5-17-6-12(19)13(15)16/h1-4,11-13,17-19H,5-8H2. The molecule has 4 nitrogen and oxygen atoms in total. The van der Waals surface area contributed by atoms with Gasteiger partial charge >= 0.3 is 0 Å². The number of aliphatic hydroxyl groups is 2. The Balaban J connectivity index is 2.11. The minimum atomic E-state index is -2.79. The molecule has 20 heavy (non-hydrogen) atoms. The van der Waals surface area contributed by atoms with Crippen LogP contribution in [-0.2, 0) is 11.3 Å². The van der Waals surface area contributed by atoms with Crippen molar-refractivity contribution in [1.82, 2.24) is 5.32 Å². The van der Waals surface area contributed by atoms with Gasteiger partial charge in [0.1, 0.15) is 6.10 Å². The van der Waals surface area contributed by atoms with E-state index in [1.54, 1.807) is 12.1 Å². The second kappa shape index (κ2) is 9.20. The molecule has 0 radical (unpaired) electrons. The predicted molar refractivity (Wildman–Crippen MR) is 72.0 cm³/mol. The summed E-state index contributed by atoms with van der Waals surface area (Å²) in [5.74, 6) is 0. The van der Waals surface area contributed by atoms with Gasteiger partial charge in [-0.2, -0.15) is 0 Å². The molecule has 0 amide bonds. The predicted octanol–water partition coefficient (Wildman–Crippen LogP) is 1.43. The maximum atomic E-state index is 12.0. The Morgan fingerprint density at radius 2 is 1.80 bits per heavy atom. The first-order valence-electron chi connectivity index (χ1n) is 6.16. The third kappa shape index (κ3) is 7.12. The molecule has 0 spiro atoms. The Kier molecular flexibility index (Phi) is 7.94. The van der Waals surface area contributed by atoms with Gasteiger partial charge in [-0.15, -0.1) is 0 Å². The van der Waals surface area contributed by atoms with E-state index in [9.17, 15) is 13.9 Å². The summed E-state index contributed by atoms with van der Waals surface area (Å²) >= 11 is 5.74. The van der Waals surface area contributed by atoms with Gasteiger partial charge in [-0.05, 0) is 17.7 Å². The lowest BCUT2D eigenvalue weighted by Crippen LogP contribution is -2.37. The fourth-order valence-corrected chi connectivity index (χ4v) is 1.57. The zero-order valence-corrected chi connectivity index (χ0v) is 11.6. The average molecular weight is 310 g/mol. The summed E-state index contributed by atoms with van der Waals surface area (Å²) < 4.78 is 29.3. The van der Waals surface area contributed by atoms with Crippen molar-refractivity contribution in [3.63, 3.8) is 0 Å². The van der Waals surface area contributed by atoms with Gasteiger partial charge in [-0.1, -0.05) is 23.7 Å². The molecule has 7 heteroatoms. The quantitative estimate of drug-likeness (QED) is 0.646. The van der Waals surface area contributed by atoms with E-state index in [-0.39, 0.29) is 19.7 Å². The van der Waals surface area contributed by atoms with Gasteiger partial charge in [-0.3, -0.25) is 0 Å². The second-order valence-corrected chi connectivity index (χ2v) is 4.79. The number of halogens is 3. The van der Waals surface area contributed by atoms with Crippen LogP contribution in [0, 0.1) is 0 Å². The minimum Gasteiger partial charge on any atom is -0.389 e. The largest absolute Gasteiger partial charge is 0.389 e. The molecule has 0 fully saturated rings. The van der Waals surface area contributed by atoms with Crippen molar-refractivity contribution in [2.45, 2.75) is 25.2 Å². The van der Waals surface area contributed by atoms with Crippen molar-refractivity contribution >= 4 is 11.6 Å². The third-order valence-electron chi connectivity index (χ3n) is 2.52. The van der Waals surface area contributed by atoms with Crippen molar-refractivity contribution < 1.29 is 23.7 Å². The molecular formula is C13H18ClF2NO3. The van der Waals surface area contributed by atoms with Crippen LogP contribution in [-0.4, -0.2) is 48.5 Å². The zero-order chi connectivity index (χ0) is 15.0. The molecule has 0 aliphatic rings. The number of hydrogen-bond donors (Lipinski definition) is 3. The number of alkyl halides is 2. The van der Waals surface area contributed by atoms with Crippen LogP contribution in [0.3, 0.4) is 0 Å². The molecule has 0 heterocycles. The summed E-state index contributed by atoms with van der Waals surface area (Å²) in [6, 6.07) is 7.10. The highest BCUT2D eigenvalue weighted by Crippen LogP contribution is 2.10. The summed E-state index contributed by atoms with van der Waals surface area (Å²) in [5.41, 5.74) is 0.919. The number of nitrogens with one attached hydrogen (secondary N) is 1. The SMILES string of the molecule is OC(CNCC(O)C(F)F)COCc1ccc(Cl)cc1. The zero-order valence-electron chi connectivity index (χ0n) is 10.8. The maximum absolute atomic E-state index is 12.0. The van der Waals surface area contributed by atoms with Crippen molar-refractivity contribution in [2.75, 3.05) is 19.7 Å². The van der Waals surface area contributed by atoms with Gasteiger partial charge in [0.15, 0.2) is 0 Å². The summed E-state index contributed by atoms with van der Waals surface area (Å²) in [6.07, 6.45) is -5.34. The van der Waals surface area contributed by atoms with Crippen molar-refractivity contribution in [2.24, 2.45) is 0 Å². The highest BCUT2D eigenvalue weighted by molar-refractivity contribution is 6.30. The molecule has 2 unspecified atom stereocenters. The molecule has 0 saturated heterocycles. The fraction of sp³-hybridized carbons (Fsp3) is 0.538. The van der Waals surface area contributed by atoms with Crippen molar-refractivity contribution in [1.29, 1.82) is 0 Å². The summed E-state index contributed by atoms with van der Waals surface area (Å²) in [7, 11) is 0. The van der Waals surface area contributed by atoms with Gasteiger partial charge in [-0.25, -0.2) is 8.78 Å². The van der Waals surface area contributed by atoms with E-state index in [1.165, 1.54) is 0 Å². The van der Waals surface area contributed by atoms with Crippen LogP contribution >= 0.6 is 11.6 Å². The lowest BCUT2D eigenvalue weighted by atomic mass is 10.2. The molecule has 0 saturated carbocycles. The highest BCUT2D eigenvalue weighted by Gasteiger charge is 2.16. The summed E-state index contributed by atoms with van der Waals surface area (Å²) in [5, 5.41) is 21.6. The summed E-state index contributed by atoms with van der Waals surface area (Å²) in [6.45, 7) is 0.199. The lowest BCUT2D eigenvalue weighted by Gasteiger charge is -2.14. The second-order valence-electron chi connectivity index (χ2n) is 4.36. The van der Waals surface area contributed by atoms with E-state index in [2.05, 4.69) is 5.32 Å². The molecule has 114 valence electrons. The van der Waals surface area contributed by atoms with Crippen LogP contribution in [0.15, 0.2) is 24.3 Å². The Morgan fingerprint density at radius 3 is 2.40 bits per heavy atom. The van der Waals surface area contributed by atoms with Crippen LogP contribution in [0.25, 0.3) is 0 Å². The summed E-state index contributed by atoms with van der Waals surface area (Å²) in [4.78, 5) is 0. The third-order valence-corrected chi connectivity index (χ3v) is 2.77. The Morgan fingerprint density at radius 1 is 1.15 bits per heavy atom. The molecule has 2 atom stereocenters. The van der Waals surface area contributed by atoms with Crippen molar-refractivity contribution in [3.8, 4) is 0 Å². The van der Waals surface area contributed by atoms with Gasteiger partial charge in [0.05, 0.1) is 19.3 Å². The van der Waals surface area contributed by atoms with E-state index < -0.39 is 18.6 Å². The Labute approximate surface area is 121 Å². The fourth-order valence-electron chi connectivity index (χ4n) is 1.44. The highest BCUT2D eigenvalue weighted by atomic mass is 35.5. The van der Waals surface area contributed by atoms with Crippen LogP contribution in [0.4, 0.5) is 8.78 Å². The van der Waals surface area contributed by atoms with E-state index in [0.29, 0.717) is 11.6 Å². The first-order valence-corrected chi connectivity index (χ1v) is 6.54. The Bertz CT molecular complexity index is 378. The smallest absolute Gasteiger partial charge is 0.265 e. The van der Waals surface area contributed by atoms with E-state index in [0.717, 1.165) is 5.56 Å². The van der Waals surface area contributed by atoms with Crippen LogP contribution in [0.1, 0.15) is 5.56 Å². The van der Waals surface area contributed by atoms with Crippen molar-refractivity contribution in [3.05, 3.63) is 34.9 Å². The molecule has 1 aromatic carbocycles. The van der Waals surface area contributed by atoms with E-state index in [4.69, 9.17) is 21.4 Å².